The molecule has 0 N–H and O–H groups in total. The van der Waals surface area contributed by atoms with Gasteiger partial charge in [0.2, 0.25) is 0 Å². The number of rotatable bonds is 4. The molecule has 2 aromatic rings. The summed E-state index contributed by atoms with van der Waals surface area (Å²) in [6.07, 6.45) is 3.11. The van der Waals surface area contributed by atoms with Crippen molar-refractivity contribution < 1.29 is 14.3 Å². The number of aromatic nitrogens is 1. The lowest BCUT2D eigenvalue weighted by atomic mass is 10.2. The quantitative estimate of drug-likeness (QED) is 0.572. The molecule has 0 spiro atoms. The van der Waals surface area contributed by atoms with Crippen LogP contribution in [0.2, 0.25) is 0 Å². The maximum Gasteiger partial charge on any atom is 0.419 e. The molecular formula is C17H20BrNO3. The molecule has 2 rings (SSSR count). The number of carbonyl (C=O) groups is 1. The van der Waals surface area contributed by atoms with Crippen molar-refractivity contribution in [2.24, 2.45) is 0 Å². The fourth-order valence-corrected chi connectivity index (χ4v) is 2.54. The molecule has 0 unspecified atom stereocenters. The molecule has 1 aromatic heterocycles. The predicted molar refractivity (Wildman–Crippen MR) is 91.9 cm³/mol. The molecule has 4 nitrogen and oxygen atoms in total. The fraction of sp³-hybridized carbons (Fsp3) is 0.353. The van der Waals surface area contributed by atoms with Crippen LogP contribution in [0.4, 0.5) is 4.79 Å². The van der Waals surface area contributed by atoms with Crippen LogP contribution < -0.4 is 4.74 Å². The molecule has 0 aliphatic heterocycles. The summed E-state index contributed by atoms with van der Waals surface area (Å²) in [6, 6.07) is 5.63. The highest BCUT2D eigenvalue weighted by molar-refractivity contribution is 9.08. The van der Waals surface area contributed by atoms with Gasteiger partial charge in [0.25, 0.3) is 0 Å². The van der Waals surface area contributed by atoms with Gasteiger partial charge in [-0.25, -0.2) is 4.79 Å². The van der Waals surface area contributed by atoms with E-state index in [0.29, 0.717) is 11.9 Å². The summed E-state index contributed by atoms with van der Waals surface area (Å²) in [7, 11) is 0. The van der Waals surface area contributed by atoms with Gasteiger partial charge < -0.3 is 9.47 Å². The number of carbonyl (C=O) groups excluding carboxylic acids is 1. The summed E-state index contributed by atoms with van der Waals surface area (Å²) >= 11 is 3.46. The number of fused-ring (bicyclic) bond motifs is 1. The van der Waals surface area contributed by atoms with Gasteiger partial charge in [0.15, 0.2) is 0 Å². The lowest BCUT2D eigenvalue weighted by molar-refractivity contribution is 0.0544. The monoisotopic (exact) mass is 365 g/mol. The van der Waals surface area contributed by atoms with Crippen LogP contribution in [0.5, 0.6) is 5.75 Å². The Kier molecular flexibility index (Phi) is 4.96. The minimum Gasteiger partial charge on any atom is -0.490 e. The zero-order valence-electron chi connectivity index (χ0n) is 13.1. The standard InChI is InChI=1S/C17H20BrNO3/c1-5-8-21-13-6-7-15-14(9-13)12(10-18)11-19(15)16(20)22-17(2,3)4/h5-7,9,11H,1,8,10H2,2-4H3. The maximum atomic E-state index is 12.3. The number of benzene rings is 1. The van der Waals surface area contributed by atoms with Crippen molar-refractivity contribution in [1.29, 1.82) is 0 Å². The molecule has 0 aliphatic carbocycles. The first-order valence-corrected chi connectivity index (χ1v) is 8.15. The molecule has 118 valence electrons. The Balaban J connectivity index is 2.44. The van der Waals surface area contributed by atoms with E-state index in [1.807, 2.05) is 39.0 Å². The van der Waals surface area contributed by atoms with Crippen LogP contribution in [-0.4, -0.2) is 22.9 Å². The van der Waals surface area contributed by atoms with Crippen LogP contribution >= 0.6 is 15.9 Å². The molecule has 5 heteroatoms. The average Bonchev–Trinajstić information content (AvgIpc) is 2.81. The van der Waals surface area contributed by atoms with Crippen molar-refractivity contribution in [2.45, 2.75) is 31.7 Å². The third-order valence-electron chi connectivity index (χ3n) is 2.96. The molecule has 0 radical (unpaired) electrons. The Labute approximate surface area is 138 Å². The zero-order chi connectivity index (χ0) is 16.3. The number of hydrogen-bond acceptors (Lipinski definition) is 3. The minimum absolute atomic E-state index is 0.385. The van der Waals surface area contributed by atoms with Gasteiger partial charge in [-0.15, -0.1) is 0 Å². The second kappa shape index (κ2) is 6.57. The second-order valence-corrected chi connectivity index (χ2v) is 6.48. The first kappa shape index (κ1) is 16.6. The molecule has 1 aromatic carbocycles. The lowest BCUT2D eigenvalue weighted by Gasteiger charge is -2.19. The van der Waals surface area contributed by atoms with E-state index in [1.165, 1.54) is 4.57 Å². The van der Waals surface area contributed by atoms with Crippen LogP contribution in [0.15, 0.2) is 37.1 Å². The second-order valence-electron chi connectivity index (χ2n) is 5.92. The summed E-state index contributed by atoms with van der Waals surface area (Å²) < 4.78 is 12.5. The van der Waals surface area contributed by atoms with Gasteiger partial charge in [-0.3, -0.25) is 4.57 Å². The van der Waals surface area contributed by atoms with Crippen molar-refractivity contribution in [2.75, 3.05) is 6.61 Å². The molecule has 0 saturated carbocycles. The number of halogens is 1. The predicted octanol–water partition coefficient (Wildman–Crippen LogP) is 4.88. The Morgan fingerprint density at radius 3 is 2.73 bits per heavy atom. The molecule has 0 amide bonds. The first-order valence-electron chi connectivity index (χ1n) is 7.02. The first-order chi connectivity index (χ1) is 10.4. The van der Waals surface area contributed by atoms with E-state index >= 15 is 0 Å². The van der Waals surface area contributed by atoms with E-state index in [9.17, 15) is 4.79 Å². The Hall–Kier alpha value is -1.75. The molecule has 0 atom stereocenters. The normalized spacial score (nSPS) is 11.5. The topological polar surface area (TPSA) is 40.5 Å². The van der Waals surface area contributed by atoms with E-state index in [0.717, 1.165) is 22.2 Å². The minimum atomic E-state index is -0.532. The summed E-state index contributed by atoms with van der Waals surface area (Å²) in [6.45, 7) is 9.63. The van der Waals surface area contributed by atoms with E-state index in [-0.39, 0.29) is 6.09 Å². The molecule has 1 heterocycles. The molecule has 0 bridgehead atoms. The van der Waals surface area contributed by atoms with Crippen molar-refractivity contribution in [3.05, 3.63) is 42.6 Å². The van der Waals surface area contributed by atoms with Crippen molar-refractivity contribution in [1.82, 2.24) is 4.57 Å². The number of alkyl halides is 1. The van der Waals surface area contributed by atoms with Gasteiger partial charge in [0, 0.05) is 16.9 Å². The third kappa shape index (κ3) is 3.71. The Bertz CT molecular complexity index is 698. The van der Waals surface area contributed by atoms with Crippen molar-refractivity contribution in [3.63, 3.8) is 0 Å². The summed E-state index contributed by atoms with van der Waals surface area (Å²) in [5, 5.41) is 1.61. The summed E-state index contributed by atoms with van der Waals surface area (Å²) in [4.78, 5) is 12.3. The van der Waals surface area contributed by atoms with E-state index in [1.54, 1.807) is 12.3 Å². The highest BCUT2D eigenvalue weighted by Gasteiger charge is 2.20. The molecule has 0 aliphatic rings. The lowest BCUT2D eigenvalue weighted by Crippen LogP contribution is -2.26. The van der Waals surface area contributed by atoms with Gasteiger partial charge >= 0.3 is 6.09 Å². The van der Waals surface area contributed by atoms with Crippen molar-refractivity contribution in [3.8, 4) is 5.75 Å². The summed E-state index contributed by atoms with van der Waals surface area (Å²) in [5.41, 5.74) is 1.27. The van der Waals surface area contributed by atoms with E-state index < -0.39 is 5.60 Å². The average molecular weight is 366 g/mol. The smallest absolute Gasteiger partial charge is 0.419 e. The van der Waals surface area contributed by atoms with Crippen LogP contribution in [0.1, 0.15) is 26.3 Å². The number of ether oxygens (including phenoxy) is 2. The largest absolute Gasteiger partial charge is 0.490 e. The number of nitrogens with zero attached hydrogens (tertiary/aromatic N) is 1. The van der Waals surface area contributed by atoms with Gasteiger partial charge in [-0.2, -0.15) is 0 Å². The van der Waals surface area contributed by atoms with Crippen LogP contribution in [0.3, 0.4) is 0 Å². The van der Waals surface area contributed by atoms with Crippen LogP contribution in [0, 0.1) is 0 Å². The third-order valence-corrected chi connectivity index (χ3v) is 3.56. The van der Waals surface area contributed by atoms with Gasteiger partial charge in [0.1, 0.15) is 18.0 Å². The zero-order valence-corrected chi connectivity index (χ0v) is 14.6. The molecule has 0 saturated heterocycles. The van der Waals surface area contributed by atoms with Gasteiger partial charge in [-0.1, -0.05) is 28.6 Å². The summed E-state index contributed by atoms with van der Waals surface area (Å²) in [5.74, 6) is 0.747. The van der Waals surface area contributed by atoms with Crippen LogP contribution in [0.25, 0.3) is 10.9 Å². The van der Waals surface area contributed by atoms with E-state index in [4.69, 9.17) is 9.47 Å². The van der Waals surface area contributed by atoms with Crippen molar-refractivity contribution >= 4 is 32.9 Å². The molecule has 0 fully saturated rings. The highest BCUT2D eigenvalue weighted by Crippen LogP contribution is 2.28. The Morgan fingerprint density at radius 2 is 2.14 bits per heavy atom. The molecular weight excluding hydrogens is 346 g/mol. The van der Waals surface area contributed by atoms with Gasteiger partial charge in [-0.05, 0) is 44.5 Å². The van der Waals surface area contributed by atoms with Crippen LogP contribution in [-0.2, 0) is 10.1 Å². The maximum absolute atomic E-state index is 12.3. The fourth-order valence-electron chi connectivity index (χ4n) is 2.09. The van der Waals surface area contributed by atoms with Gasteiger partial charge in [0.05, 0.1) is 5.52 Å². The van der Waals surface area contributed by atoms with E-state index in [2.05, 4.69) is 22.5 Å². The Morgan fingerprint density at radius 1 is 1.41 bits per heavy atom. The number of hydrogen-bond donors (Lipinski definition) is 0. The highest BCUT2D eigenvalue weighted by atomic mass is 79.9. The SMILES string of the molecule is C=CCOc1ccc2c(c1)c(CBr)cn2C(=O)OC(C)(C)C. The molecule has 22 heavy (non-hydrogen) atoms.